The summed E-state index contributed by atoms with van der Waals surface area (Å²) in [7, 11) is 0. The van der Waals surface area contributed by atoms with Crippen molar-refractivity contribution in [1.82, 2.24) is 0 Å². The molecule has 0 heterocycles. The zero-order valence-corrected chi connectivity index (χ0v) is 16.8. The summed E-state index contributed by atoms with van der Waals surface area (Å²) in [5, 5.41) is 2.12. The maximum atomic E-state index is 12.9. The van der Waals surface area contributed by atoms with Crippen LogP contribution in [0.2, 0.25) is 5.82 Å². The van der Waals surface area contributed by atoms with Gasteiger partial charge in [-0.2, -0.15) is 13.2 Å². The van der Waals surface area contributed by atoms with E-state index in [0.717, 1.165) is 45.2 Å². The fraction of sp³-hybridized carbons (Fsp3) is 0.0833. The predicted octanol–water partition coefficient (Wildman–Crippen LogP) is 6.57. The fourth-order valence-corrected chi connectivity index (χ4v) is 4.29. The minimum atomic E-state index is -4.33. The second-order valence-electron chi connectivity index (χ2n) is 6.51. The third-order valence-corrected chi connectivity index (χ3v) is 6.39. The summed E-state index contributed by atoms with van der Waals surface area (Å²) in [6, 6.07) is 26.0. The molecule has 0 spiro atoms. The van der Waals surface area contributed by atoms with Crippen LogP contribution in [0.15, 0.2) is 84.9 Å². The van der Waals surface area contributed by atoms with Gasteiger partial charge in [0.25, 0.3) is 0 Å². The van der Waals surface area contributed by atoms with E-state index in [-0.39, 0.29) is 0 Å². The molecule has 140 valence electrons. The first kappa shape index (κ1) is 18.8. The molecule has 0 aliphatic rings. The molecule has 4 rings (SSSR count). The van der Waals surface area contributed by atoms with E-state index in [1.807, 2.05) is 30.3 Å². The summed E-state index contributed by atoms with van der Waals surface area (Å²) in [4.78, 5) is 0. The van der Waals surface area contributed by atoms with Gasteiger partial charge in [-0.25, -0.2) is 0 Å². The Bertz CT molecular complexity index is 1110. The quantitative estimate of drug-likeness (QED) is 0.316. The molecule has 0 saturated heterocycles. The fourth-order valence-electron chi connectivity index (χ4n) is 3.43. The maximum absolute atomic E-state index is 12.9. The van der Waals surface area contributed by atoms with Gasteiger partial charge in [0.05, 0.1) is 0 Å². The third kappa shape index (κ3) is 3.58. The van der Waals surface area contributed by atoms with Crippen LogP contribution in [0.5, 0.6) is 0 Å². The Balaban J connectivity index is 1.90. The molecule has 0 unspecified atom stereocenters. The van der Waals surface area contributed by atoms with E-state index >= 15 is 0 Å². The van der Waals surface area contributed by atoms with Gasteiger partial charge in [-0.1, -0.05) is 0 Å². The van der Waals surface area contributed by atoms with Gasteiger partial charge in [-0.15, -0.1) is 0 Å². The molecule has 0 aliphatic carbocycles. The molecule has 0 aromatic heterocycles. The number of hydrogen-bond donors (Lipinski definition) is 0. The molecule has 0 nitrogen and oxygen atoms in total. The van der Waals surface area contributed by atoms with Gasteiger partial charge in [0, 0.05) is 0 Å². The number of benzene rings is 4. The van der Waals surface area contributed by atoms with Crippen molar-refractivity contribution < 1.29 is 13.2 Å². The van der Waals surface area contributed by atoms with Crippen LogP contribution < -0.4 is 4.46 Å². The summed E-state index contributed by atoms with van der Waals surface area (Å²) in [5.41, 5.74) is 3.28. The van der Waals surface area contributed by atoms with Gasteiger partial charge >= 0.3 is 155 Å². The first-order valence-corrected chi connectivity index (χ1v) is 11.4. The van der Waals surface area contributed by atoms with Crippen molar-refractivity contribution in [3.8, 4) is 22.3 Å². The Morgan fingerprint density at radius 1 is 0.643 bits per heavy atom. The minimum absolute atomic E-state index is 0.447. The van der Waals surface area contributed by atoms with Crippen LogP contribution in [0.1, 0.15) is 5.56 Å². The van der Waals surface area contributed by atoms with E-state index in [9.17, 15) is 13.2 Å². The Labute approximate surface area is 168 Å². The van der Waals surface area contributed by atoms with E-state index in [4.69, 9.17) is 0 Å². The Morgan fingerprint density at radius 2 is 1.14 bits per heavy atom. The molecule has 0 atom stereocenters. The molecule has 0 saturated carbocycles. The number of rotatable bonds is 3. The molecule has 0 fully saturated rings. The van der Waals surface area contributed by atoms with Gasteiger partial charge < -0.3 is 0 Å². The molecule has 4 heteroatoms. The number of fused-ring (bicyclic) bond motifs is 1. The SMILES string of the molecule is C[Se]c1ccc(-c2cccc3cccc(-c4ccc(C(F)(F)F)cc4)c23)cc1. The van der Waals surface area contributed by atoms with Crippen molar-refractivity contribution >= 4 is 30.2 Å². The Kier molecular flexibility index (Phi) is 5.01. The first-order chi connectivity index (χ1) is 13.5. The molecule has 4 aromatic carbocycles. The number of hydrogen-bond acceptors (Lipinski definition) is 0. The van der Waals surface area contributed by atoms with Crippen LogP contribution in [0.25, 0.3) is 33.0 Å². The second kappa shape index (κ2) is 7.46. The Hall–Kier alpha value is -2.55. The van der Waals surface area contributed by atoms with E-state index < -0.39 is 11.7 Å². The summed E-state index contributed by atoms with van der Waals surface area (Å²) in [6.45, 7) is 0. The molecule has 28 heavy (non-hydrogen) atoms. The van der Waals surface area contributed by atoms with Crippen molar-refractivity contribution in [2.24, 2.45) is 0 Å². The Morgan fingerprint density at radius 3 is 1.61 bits per heavy atom. The normalized spacial score (nSPS) is 11.7. The van der Waals surface area contributed by atoms with Crippen LogP contribution in [0, 0.1) is 0 Å². The summed E-state index contributed by atoms with van der Waals surface area (Å²) in [6.07, 6.45) is -4.33. The van der Waals surface area contributed by atoms with E-state index in [2.05, 4.69) is 36.2 Å². The molecule has 0 bridgehead atoms. The van der Waals surface area contributed by atoms with E-state index in [1.54, 1.807) is 12.1 Å². The van der Waals surface area contributed by atoms with E-state index in [0.29, 0.717) is 15.0 Å². The van der Waals surface area contributed by atoms with Crippen molar-refractivity contribution in [3.63, 3.8) is 0 Å². The monoisotopic (exact) mass is 442 g/mol. The molecule has 0 aliphatic heterocycles. The van der Waals surface area contributed by atoms with Crippen molar-refractivity contribution in [1.29, 1.82) is 0 Å². The standard InChI is InChI=1S/C24H17F3Se/c1-28-20-14-10-17(11-15-20)22-7-3-5-18-4-2-6-21(23(18)22)16-8-12-19(13-9-16)24(25,26)27/h2-15H,1H3. The van der Waals surface area contributed by atoms with Gasteiger partial charge in [0.1, 0.15) is 0 Å². The van der Waals surface area contributed by atoms with Crippen LogP contribution in [0.3, 0.4) is 0 Å². The van der Waals surface area contributed by atoms with Crippen molar-refractivity contribution in [2.45, 2.75) is 12.0 Å². The summed E-state index contributed by atoms with van der Waals surface area (Å²) >= 11 is 0.447. The molecule has 0 radical (unpaired) electrons. The van der Waals surface area contributed by atoms with Crippen LogP contribution in [-0.2, 0) is 6.18 Å². The van der Waals surface area contributed by atoms with Gasteiger partial charge in [-0.3, -0.25) is 0 Å². The number of halogens is 3. The van der Waals surface area contributed by atoms with Gasteiger partial charge in [0.2, 0.25) is 0 Å². The second-order valence-corrected chi connectivity index (χ2v) is 8.36. The topological polar surface area (TPSA) is 0 Å². The van der Waals surface area contributed by atoms with Crippen LogP contribution >= 0.6 is 0 Å². The molecular formula is C24H17F3Se. The predicted molar refractivity (Wildman–Crippen MR) is 111 cm³/mol. The zero-order chi connectivity index (χ0) is 19.7. The third-order valence-electron chi connectivity index (χ3n) is 4.83. The van der Waals surface area contributed by atoms with Crippen molar-refractivity contribution in [2.75, 3.05) is 0 Å². The van der Waals surface area contributed by atoms with Crippen molar-refractivity contribution in [3.05, 3.63) is 90.5 Å². The molecule has 0 N–H and O–H groups in total. The van der Waals surface area contributed by atoms with Gasteiger partial charge in [0.15, 0.2) is 0 Å². The van der Waals surface area contributed by atoms with E-state index in [1.165, 1.54) is 4.46 Å². The summed E-state index contributed by atoms with van der Waals surface area (Å²) in [5.74, 6) is 2.18. The zero-order valence-electron chi connectivity index (χ0n) is 15.1. The van der Waals surface area contributed by atoms with Crippen LogP contribution in [0.4, 0.5) is 13.2 Å². The van der Waals surface area contributed by atoms with Crippen LogP contribution in [-0.4, -0.2) is 15.0 Å². The summed E-state index contributed by atoms with van der Waals surface area (Å²) < 4.78 is 40.1. The average molecular weight is 441 g/mol. The van der Waals surface area contributed by atoms with Gasteiger partial charge in [-0.05, 0) is 0 Å². The molecule has 0 amide bonds. The molecule has 4 aromatic rings. The number of alkyl halides is 3. The first-order valence-electron chi connectivity index (χ1n) is 8.81. The average Bonchev–Trinajstić information content (AvgIpc) is 2.72. The molecular weight excluding hydrogens is 424 g/mol.